The second-order valence-electron chi connectivity index (χ2n) is 7.71. The van der Waals surface area contributed by atoms with Gasteiger partial charge in [0.1, 0.15) is 0 Å². The zero-order valence-corrected chi connectivity index (χ0v) is 16.3. The molecule has 0 N–H and O–H groups in total. The number of amides is 1. The smallest absolute Gasteiger partial charge is 0.335 e. The predicted molar refractivity (Wildman–Crippen MR) is 102 cm³/mol. The molecule has 1 aromatic rings. The zero-order chi connectivity index (χ0) is 20.0. The number of halogens is 3. The summed E-state index contributed by atoms with van der Waals surface area (Å²) in [5, 5.41) is 0. The summed E-state index contributed by atoms with van der Waals surface area (Å²) in [6.07, 6.45) is 2.68. The van der Waals surface area contributed by atoms with Crippen molar-refractivity contribution in [3.8, 4) is 0 Å². The van der Waals surface area contributed by atoms with Crippen molar-refractivity contribution in [1.82, 2.24) is 9.80 Å². The van der Waals surface area contributed by atoms with Crippen LogP contribution in [0.4, 0.5) is 13.2 Å². The van der Waals surface area contributed by atoms with Crippen LogP contribution in [0.3, 0.4) is 0 Å². The minimum absolute atomic E-state index is 0.131. The summed E-state index contributed by atoms with van der Waals surface area (Å²) in [6.45, 7) is 3.61. The van der Waals surface area contributed by atoms with Gasteiger partial charge in [-0.15, -0.1) is 0 Å². The molecular formula is C21H29F3N2O. The molecule has 0 aliphatic heterocycles. The summed E-state index contributed by atoms with van der Waals surface area (Å²) in [5.74, 6) is 0.557. The first-order chi connectivity index (χ1) is 12.7. The van der Waals surface area contributed by atoms with E-state index in [1.165, 1.54) is 18.2 Å². The van der Waals surface area contributed by atoms with Crippen molar-refractivity contribution in [3.63, 3.8) is 0 Å². The lowest BCUT2D eigenvalue weighted by Crippen LogP contribution is -2.44. The predicted octanol–water partition coefficient (Wildman–Crippen LogP) is 4.69. The van der Waals surface area contributed by atoms with Crippen LogP contribution < -0.4 is 0 Å². The summed E-state index contributed by atoms with van der Waals surface area (Å²) in [5.41, 5.74) is -0.328. The van der Waals surface area contributed by atoms with Crippen LogP contribution in [0.25, 0.3) is 6.08 Å². The Morgan fingerprint density at radius 2 is 1.81 bits per heavy atom. The zero-order valence-electron chi connectivity index (χ0n) is 16.3. The van der Waals surface area contributed by atoms with Gasteiger partial charge < -0.3 is 9.80 Å². The van der Waals surface area contributed by atoms with Gasteiger partial charge in [-0.2, -0.15) is 13.2 Å². The van der Waals surface area contributed by atoms with Gasteiger partial charge in [0.05, 0.1) is 5.56 Å². The lowest BCUT2D eigenvalue weighted by Gasteiger charge is -2.36. The van der Waals surface area contributed by atoms with Crippen LogP contribution in [0.2, 0.25) is 0 Å². The van der Waals surface area contributed by atoms with Crippen LogP contribution in [0.15, 0.2) is 30.3 Å². The number of benzene rings is 1. The van der Waals surface area contributed by atoms with E-state index in [2.05, 4.69) is 6.92 Å². The van der Waals surface area contributed by atoms with E-state index in [1.54, 1.807) is 6.07 Å². The highest BCUT2D eigenvalue weighted by atomic mass is 19.4. The minimum Gasteiger partial charge on any atom is -0.335 e. The number of alkyl halides is 3. The van der Waals surface area contributed by atoms with Crippen LogP contribution in [0.1, 0.15) is 43.7 Å². The van der Waals surface area contributed by atoms with E-state index in [0.29, 0.717) is 18.0 Å². The summed E-state index contributed by atoms with van der Waals surface area (Å²) < 4.78 is 38.5. The summed E-state index contributed by atoms with van der Waals surface area (Å²) in [7, 11) is 3.92. The highest BCUT2D eigenvalue weighted by molar-refractivity contribution is 5.92. The van der Waals surface area contributed by atoms with Crippen molar-refractivity contribution in [2.24, 2.45) is 5.92 Å². The van der Waals surface area contributed by atoms with Gasteiger partial charge in [-0.25, -0.2) is 0 Å². The monoisotopic (exact) mass is 382 g/mol. The van der Waals surface area contributed by atoms with Gasteiger partial charge in [-0.05, 0) is 69.5 Å². The first kappa shape index (κ1) is 21.5. The SMILES string of the molecule is CN(C)CCN(C(=O)C=Cc1cccc(C(F)(F)F)c1)[C@H]1CC[C@H](C)CC1. The van der Waals surface area contributed by atoms with Crippen LogP contribution >= 0.6 is 0 Å². The molecular weight excluding hydrogens is 353 g/mol. The lowest BCUT2D eigenvalue weighted by atomic mass is 9.86. The number of likely N-dealkylation sites (N-methyl/N-ethyl adjacent to an activating group) is 1. The number of hydrogen-bond donors (Lipinski definition) is 0. The van der Waals surface area contributed by atoms with Crippen molar-refractivity contribution in [2.45, 2.75) is 44.8 Å². The third kappa shape index (κ3) is 6.69. The molecule has 1 fully saturated rings. The number of carbonyl (C=O) groups excluding carboxylic acids is 1. The fourth-order valence-electron chi connectivity index (χ4n) is 3.42. The average molecular weight is 382 g/mol. The Morgan fingerprint density at radius 1 is 1.15 bits per heavy atom. The van der Waals surface area contributed by atoms with Crippen molar-refractivity contribution in [3.05, 3.63) is 41.5 Å². The van der Waals surface area contributed by atoms with Gasteiger partial charge in [-0.1, -0.05) is 19.1 Å². The Morgan fingerprint density at radius 3 is 2.41 bits per heavy atom. The highest BCUT2D eigenvalue weighted by Gasteiger charge is 2.30. The van der Waals surface area contributed by atoms with E-state index in [9.17, 15) is 18.0 Å². The number of nitrogens with zero attached hydrogens (tertiary/aromatic N) is 2. The minimum atomic E-state index is -4.38. The van der Waals surface area contributed by atoms with E-state index >= 15 is 0 Å². The van der Waals surface area contributed by atoms with Crippen molar-refractivity contribution >= 4 is 12.0 Å². The molecule has 0 bridgehead atoms. The third-order valence-corrected chi connectivity index (χ3v) is 5.13. The van der Waals surface area contributed by atoms with E-state index in [1.807, 2.05) is 23.9 Å². The first-order valence-corrected chi connectivity index (χ1v) is 9.47. The number of rotatable bonds is 6. The molecule has 0 saturated heterocycles. The standard InChI is InChI=1S/C21H29F3N2O/c1-16-7-10-19(11-8-16)26(14-13-25(2)3)20(27)12-9-17-5-4-6-18(15-17)21(22,23)24/h4-6,9,12,15-16,19H,7-8,10-11,13-14H2,1-3H3/t16-,19-. The highest BCUT2D eigenvalue weighted by Crippen LogP contribution is 2.30. The van der Waals surface area contributed by atoms with E-state index in [-0.39, 0.29) is 11.9 Å². The molecule has 0 radical (unpaired) electrons. The van der Waals surface area contributed by atoms with Gasteiger partial charge in [0, 0.05) is 25.2 Å². The van der Waals surface area contributed by atoms with Gasteiger partial charge >= 0.3 is 6.18 Å². The Balaban J connectivity index is 2.11. The van der Waals surface area contributed by atoms with Crippen LogP contribution in [0.5, 0.6) is 0 Å². The normalized spacial score (nSPS) is 21.0. The summed E-state index contributed by atoms with van der Waals surface area (Å²) >= 11 is 0. The molecule has 0 aromatic heterocycles. The fourth-order valence-corrected chi connectivity index (χ4v) is 3.42. The van der Waals surface area contributed by atoms with Gasteiger partial charge in [-0.3, -0.25) is 4.79 Å². The molecule has 0 unspecified atom stereocenters. The summed E-state index contributed by atoms with van der Waals surface area (Å²) in [4.78, 5) is 16.7. The third-order valence-electron chi connectivity index (χ3n) is 5.13. The molecule has 27 heavy (non-hydrogen) atoms. The fraction of sp³-hybridized carbons (Fsp3) is 0.571. The van der Waals surface area contributed by atoms with Gasteiger partial charge in [0.25, 0.3) is 0 Å². The Kier molecular flexibility index (Phi) is 7.48. The lowest BCUT2D eigenvalue weighted by molar-refractivity contribution is -0.137. The molecule has 1 saturated carbocycles. The molecule has 0 spiro atoms. The Labute approximate surface area is 159 Å². The van der Waals surface area contributed by atoms with Crippen LogP contribution in [-0.2, 0) is 11.0 Å². The molecule has 1 aromatic carbocycles. The Bertz CT molecular complexity index is 647. The molecule has 3 nitrogen and oxygen atoms in total. The maximum absolute atomic E-state index is 12.8. The second-order valence-corrected chi connectivity index (χ2v) is 7.71. The van der Waals surface area contributed by atoms with E-state index in [4.69, 9.17) is 0 Å². The van der Waals surface area contributed by atoms with E-state index < -0.39 is 11.7 Å². The maximum Gasteiger partial charge on any atom is 0.416 e. The second kappa shape index (κ2) is 9.40. The average Bonchev–Trinajstić information content (AvgIpc) is 2.61. The topological polar surface area (TPSA) is 23.6 Å². The van der Waals surface area contributed by atoms with E-state index in [0.717, 1.165) is 44.4 Å². The van der Waals surface area contributed by atoms with Crippen molar-refractivity contribution in [1.29, 1.82) is 0 Å². The van der Waals surface area contributed by atoms with Crippen molar-refractivity contribution < 1.29 is 18.0 Å². The molecule has 6 heteroatoms. The molecule has 150 valence electrons. The van der Waals surface area contributed by atoms with Crippen molar-refractivity contribution in [2.75, 3.05) is 27.2 Å². The maximum atomic E-state index is 12.8. The van der Waals surface area contributed by atoms with Gasteiger partial charge in [0.15, 0.2) is 0 Å². The van der Waals surface area contributed by atoms with Gasteiger partial charge in [0.2, 0.25) is 5.91 Å². The molecule has 1 aliphatic rings. The largest absolute Gasteiger partial charge is 0.416 e. The quantitative estimate of drug-likeness (QED) is 0.667. The van der Waals surface area contributed by atoms with Crippen LogP contribution in [0, 0.1) is 5.92 Å². The molecule has 2 rings (SSSR count). The molecule has 1 amide bonds. The number of carbonyl (C=O) groups is 1. The molecule has 0 heterocycles. The summed E-state index contributed by atoms with van der Waals surface area (Å²) in [6, 6.07) is 5.24. The Hall–Kier alpha value is -1.82. The number of hydrogen-bond acceptors (Lipinski definition) is 2. The first-order valence-electron chi connectivity index (χ1n) is 9.47. The van der Waals surface area contributed by atoms with Crippen LogP contribution in [-0.4, -0.2) is 48.9 Å². The molecule has 1 aliphatic carbocycles. The molecule has 0 atom stereocenters.